The normalized spacial score (nSPS) is 20.0. The molecule has 2 rings (SSSR count). The standard InChI is InChI=1S/C16H14F3NO3/c17-16(18,19)11-5-3-10(4-6-11)2-1-9-20-14(21)12-7-8-13(12)15(22)23/h3-6,12-13H,7-9H2,(H,20,21)(H,22,23). The Bertz CT molecular complexity index is 656. The fourth-order valence-corrected chi connectivity index (χ4v) is 2.26. The summed E-state index contributed by atoms with van der Waals surface area (Å²) >= 11 is 0. The van der Waals surface area contributed by atoms with Crippen molar-refractivity contribution in [3.05, 3.63) is 35.4 Å². The molecule has 0 aromatic heterocycles. The second-order valence-electron chi connectivity index (χ2n) is 5.22. The van der Waals surface area contributed by atoms with Crippen molar-refractivity contribution in [3.63, 3.8) is 0 Å². The first-order chi connectivity index (χ1) is 10.8. The van der Waals surface area contributed by atoms with Crippen LogP contribution in [0.3, 0.4) is 0 Å². The summed E-state index contributed by atoms with van der Waals surface area (Å²) in [7, 11) is 0. The first kappa shape index (κ1) is 16.9. The maximum atomic E-state index is 12.4. The van der Waals surface area contributed by atoms with E-state index in [1.54, 1.807) is 0 Å². The number of benzene rings is 1. The maximum Gasteiger partial charge on any atom is 0.416 e. The van der Waals surface area contributed by atoms with Gasteiger partial charge in [-0.05, 0) is 37.1 Å². The van der Waals surface area contributed by atoms with Crippen molar-refractivity contribution in [3.8, 4) is 11.8 Å². The van der Waals surface area contributed by atoms with Crippen molar-refractivity contribution in [1.82, 2.24) is 5.32 Å². The molecule has 122 valence electrons. The number of carbonyl (C=O) groups excluding carboxylic acids is 1. The Morgan fingerprint density at radius 2 is 1.78 bits per heavy atom. The van der Waals surface area contributed by atoms with Gasteiger partial charge in [-0.3, -0.25) is 9.59 Å². The van der Waals surface area contributed by atoms with Crippen LogP contribution in [0.2, 0.25) is 0 Å². The monoisotopic (exact) mass is 325 g/mol. The summed E-state index contributed by atoms with van der Waals surface area (Å²) in [6.07, 6.45) is -3.36. The van der Waals surface area contributed by atoms with Gasteiger partial charge in [0.1, 0.15) is 0 Å². The van der Waals surface area contributed by atoms with E-state index in [9.17, 15) is 22.8 Å². The van der Waals surface area contributed by atoms with Gasteiger partial charge in [0.2, 0.25) is 5.91 Å². The van der Waals surface area contributed by atoms with Gasteiger partial charge in [0.25, 0.3) is 0 Å². The number of hydrogen-bond donors (Lipinski definition) is 2. The lowest BCUT2D eigenvalue weighted by atomic mass is 9.73. The fraction of sp³-hybridized carbons (Fsp3) is 0.375. The van der Waals surface area contributed by atoms with Crippen LogP contribution < -0.4 is 5.32 Å². The number of alkyl halides is 3. The molecule has 23 heavy (non-hydrogen) atoms. The van der Waals surface area contributed by atoms with Crippen LogP contribution in [0.1, 0.15) is 24.0 Å². The summed E-state index contributed by atoms with van der Waals surface area (Å²) < 4.78 is 37.2. The Hall–Kier alpha value is -2.49. The van der Waals surface area contributed by atoms with E-state index in [4.69, 9.17) is 5.11 Å². The van der Waals surface area contributed by atoms with Gasteiger partial charge in [-0.15, -0.1) is 0 Å². The number of halogens is 3. The molecular formula is C16H14F3NO3. The van der Waals surface area contributed by atoms with Crippen LogP contribution in [-0.4, -0.2) is 23.5 Å². The molecule has 0 spiro atoms. The van der Waals surface area contributed by atoms with E-state index in [1.165, 1.54) is 12.1 Å². The fourth-order valence-electron chi connectivity index (χ4n) is 2.26. The highest BCUT2D eigenvalue weighted by Gasteiger charge is 2.41. The van der Waals surface area contributed by atoms with E-state index in [2.05, 4.69) is 17.2 Å². The minimum atomic E-state index is -4.39. The molecular weight excluding hydrogens is 311 g/mol. The van der Waals surface area contributed by atoms with Crippen LogP contribution in [0.15, 0.2) is 24.3 Å². The zero-order valence-corrected chi connectivity index (χ0v) is 12.0. The molecule has 1 fully saturated rings. The van der Waals surface area contributed by atoms with Gasteiger partial charge < -0.3 is 10.4 Å². The number of nitrogens with one attached hydrogen (secondary N) is 1. The molecule has 1 aromatic rings. The molecule has 1 aliphatic rings. The average Bonchev–Trinajstić information content (AvgIpc) is 2.41. The first-order valence-electron chi connectivity index (χ1n) is 6.95. The van der Waals surface area contributed by atoms with Crippen LogP contribution >= 0.6 is 0 Å². The predicted octanol–water partition coefficient (Wildman–Crippen LogP) is 2.28. The van der Waals surface area contributed by atoms with Crippen molar-refractivity contribution in [1.29, 1.82) is 0 Å². The summed E-state index contributed by atoms with van der Waals surface area (Å²) in [6, 6.07) is 4.39. The average molecular weight is 325 g/mol. The number of carbonyl (C=O) groups is 2. The number of amides is 1. The van der Waals surface area contributed by atoms with Crippen molar-refractivity contribution < 1.29 is 27.9 Å². The molecule has 0 bridgehead atoms. The molecule has 0 radical (unpaired) electrons. The lowest BCUT2D eigenvalue weighted by Crippen LogP contribution is -2.44. The third-order valence-electron chi connectivity index (χ3n) is 3.72. The van der Waals surface area contributed by atoms with Crippen LogP contribution in [0.4, 0.5) is 13.2 Å². The van der Waals surface area contributed by atoms with Crippen LogP contribution in [0, 0.1) is 23.7 Å². The molecule has 1 amide bonds. The summed E-state index contributed by atoms with van der Waals surface area (Å²) in [5, 5.41) is 11.4. The van der Waals surface area contributed by atoms with Crippen molar-refractivity contribution in [2.75, 3.05) is 6.54 Å². The largest absolute Gasteiger partial charge is 0.481 e. The SMILES string of the molecule is O=C(O)C1CCC1C(=O)NCC#Cc1ccc(C(F)(F)F)cc1. The van der Waals surface area contributed by atoms with Gasteiger partial charge in [-0.25, -0.2) is 0 Å². The summed E-state index contributed by atoms with van der Waals surface area (Å²) in [5.74, 6) is 2.76. The van der Waals surface area contributed by atoms with Gasteiger partial charge in [0.05, 0.1) is 23.9 Å². The molecule has 2 atom stereocenters. The summed E-state index contributed by atoms with van der Waals surface area (Å²) in [4.78, 5) is 22.6. The third kappa shape index (κ3) is 4.25. The van der Waals surface area contributed by atoms with Gasteiger partial charge in [-0.1, -0.05) is 11.8 Å². The molecule has 2 N–H and O–H groups in total. The topological polar surface area (TPSA) is 66.4 Å². The molecule has 1 aromatic carbocycles. The number of carboxylic acid groups (broad SMARTS) is 1. The predicted molar refractivity (Wildman–Crippen MR) is 75.2 cm³/mol. The van der Waals surface area contributed by atoms with E-state index in [1.807, 2.05) is 0 Å². The first-order valence-corrected chi connectivity index (χ1v) is 6.95. The molecule has 4 nitrogen and oxygen atoms in total. The Morgan fingerprint density at radius 1 is 1.17 bits per heavy atom. The van der Waals surface area contributed by atoms with Crippen LogP contribution in [0.25, 0.3) is 0 Å². The number of hydrogen-bond acceptors (Lipinski definition) is 2. The number of carboxylic acids is 1. The van der Waals surface area contributed by atoms with Gasteiger partial charge in [-0.2, -0.15) is 13.2 Å². The lowest BCUT2D eigenvalue weighted by Gasteiger charge is -2.31. The Balaban J connectivity index is 1.84. The second-order valence-corrected chi connectivity index (χ2v) is 5.22. The Morgan fingerprint density at radius 3 is 2.26 bits per heavy atom. The van der Waals surface area contributed by atoms with Gasteiger partial charge in [0.15, 0.2) is 0 Å². The molecule has 0 saturated heterocycles. The van der Waals surface area contributed by atoms with Crippen LogP contribution in [0.5, 0.6) is 0 Å². The van der Waals surface area contributed by atoms with Crippen molar-refractivity contribution in [2.45, 2.75) is 19.0 Å². The summed E-state index contributed by atoms with van der Waals surface area (Å²) in [5.41, 5.74) is -0.347. The zero-order chi connectivity index (χ0) is 17.0. The van der Waals surface area contributed by atoms with Gasteiger partial charge in [0, 0.05) is 5.56 Å². The van der Waals surface area contributed by atoms with Crippen molar-refractivity contribution in [2.24, 2.45) is 11.8 Å². The van der Waals surface area contributed by atoms with E-state index >= 15 is 0 Å². The minimum Gasteiger partial charge on any atom is -0.481 e. The Labute approximate surface area is 130 Å². The zero-order valence-electron chi connectivity index (χ0n) is 12.0. The maximum absolute atomic E-state index is 12.4. The van der Waals surface area contributed by atoms with E-state index in [-0.39, 0.29) is 12.5 Å². The minimum absolute atomic E-state index is 0.0166. The molecule has 1 saturated carbocycles. The quantitative estimate of drug-likeness (QED) is 0.838. The lowest BCUT2D eigenvalue weighted by molar-refractivity contribution is -0.152. The number of rotatable bonds is 3. The van der Waals surface area contributed by atoms with E-state index in [0.29, 0.717) is 18.4 Å². The highest BCUT2D eigenvalue weighted by molar-refractivity contribution is 5.86. The molecule has 7 heteroatoms. The third-order valence-corrected chi connectivity index (χ3v) is 3.72. The van der Waals surface area contributed by atoms with Crippen molar-refractivity contribution >= 4 is 11.9 Å². The molecule has 2 unspecified atom stereocenters. The molecule has 0 aliphatic heterocycles. The highest BCUT2D eigenvalue weighted by Crippen LogP contribution is 2.34. The smallest absolute Gasteiger partial charge is 0.416 e. The van der Waals surface area contributed by atoms with Gasteiger partial charge >= 0.3 is 12.1 Å². The van der Waals surface area contributed by atoms with E-state index in [0.717, 1.165) is 12.1 Å². The summed E-state index contributed by atoms with van der Waals surface area (Å²) in [6.45, 7) is 0.0166. The number of aliphatic carboxylic acids is 1. The van der Waals surface area contributed by atoms with E-state index < -0.39 is 29.5 Å². The molecule has 0 heterocycles. The molecule has 1 aliphatic carbocycles. The van der Waals surface area contributed by atoms with Crippen LogP contribution in [-0.2, 0) is 15.8 Å². The highest BCUT2D eigenvalue weighted by atomic mass is 19.4. The second kappa shape index (κ2) is 6.73. The Kier molecular flexibility index (Phi) is 4.94.